The maximum atomic E-state index is 9.82. The van der Waals surface area contributed by atoms with Gasteiger partial charge in [0.25, 0.3) is 0 Å². The molecule has 2 aromatic heterocycles. The van der Waals surface area contributed by atoms with Crippen molar-refractivity contribution < 1.29 is 0 Å². The molecular formula is C63H46N6. The first-order chi connectivity index (χ1) is 34.0. The van der Waals surface area contributed by atoms with Gasteiger partial charge in [-0.05, 0) is 151 Å². The molecule has 69 heavy (non-hydrogen) atoms. The van der Waals surface area contributed by atoms with Gasteiger partial charge in [0.2, 0.25) is 0 Å². The molecule has 2 unspecified atom stereocenters. The zero-order valence-corrected chi connectivity index (χ0v) is 38.1. The summed E-state index contributed by atoms with van der Waals surface area (Å²) in [4.78, 5) is 4.69. The van der Waals surface area contributed by atoms with Crippen molar-refractivity contribution in [3.63, 3.8) is 0 Å². The molecule has 0 saturated heterocycles. The quantitative estimate of drug-likeness (QED) is 0.145. The van der Waals surface area contributed by atoms with Crippen LogP contribution in [0.2, 0.25) is 0 Å². The van der Waals surface area contributed by atoms with E-state index < -0.39 is 0 Å². The number of nitriles is 2. The van der Waals surface area contributed by atoms with Gasteiger partial charge in [-0.15, -0.1) is 0 Å². The van der Waals surface area contributed by atoms with E-state index in [0.29, 0.717) is 11.1 Å². The summed E-state index contributed by atoms with van der Waals surface area (Å²) in [5, 5.41) is 24.3. The van der Waals surface area contributed by atoms with E-state index >= 15 is 0 Å². The number of fused-ring (bicyclic) bond motifs is 6. The summed E-state index contributed by atoms with van der Waals surface area (Å²) in [6.07, 6.45) is 14.9. The van der Waals surface area contributed by atoms with E-state index in [-0.39, 0.29) is 12.0 Å². The number of hydrogen-bond acceptors (Lipinski definition) is 4. The molecule has 328 valence electrons. The zero-order valence-electron chi connectivity index (χ0n) is 38.1. The lowest BCUT2D eigenvalue weighted by atomic mass is 9.91. The van der Waals surface area contributed by atoms with Gasteiger partial charge in [-0.1, -0.05) is 110 Å². The largest absolute Gasteiger partial charge is 0.334 e. The van der Waals surface area contributed by atoms with Gasteiger partial charge in [-0.25, -0.2) is 0 Å². The summed E-state index contributed by atoms with van der Waals surface area (Å²) in [5.41, 5.74) is 15.8. The fourth-order valence-corrected chi connectivity index (χ4v) is 10.6. The fourth-order valence-electron chi connectivity index (χ4n) is 10.6. The van der Waals surface area contributed by atoms with Crippen molar-refractivity contribution in [2.24, 2.45) is 5.92 Å². The van der Waals surface area contributed by atoms with Crippen LogP contribution in [0.15, 0.2) is 230 Å². The molecule has 2 aliphatic rings. The van der Waals surface area contributed by atoms with Crippen LogP contribution in [0, 0.1) is 28.6 Å². The van der Waals surface area contributed by atoms with Crippen LogP contribution in [0.5, 0.6) is 0 Å². The van der Waals surface area contributed by atoms with Crippen molar-refractivity contribution in [2.45, 2.75) is 25.8 Å². The molecule has 6 heteroatoms. The molecule has 0 amide bonds. The van der Waals surface area contributed by atoms with E-state index in [4.69, 9.17) is 0 Å². The topological polar surface area (TPSA) is 63.9 Å². The van der Waals surface area contributed by atoms with Crippen LogP contribution in [0.3, 0.4) is 0 Å². The summed E-state index contributed by atoms with van der Waals surface area (Å²) in [7, 11) is 0. The Morgan fingerprint density at radius 1 is 0.522 bits per heavy atom. The lowest BCUT2D eigenvalue weighted by Gasteiger charge is -2.36. The maximum Gasteiger partial charge on any atom is 0.0991 e. The molecule has 0 spiro atoms. The monoisotopic (exact) mass is 886 g/mol. The van der Waals surface area contributed by atoms with Crippen LogP contribution >= 0.6 is 0 Å². The first kappa shape index (κ1) is 41.3. The summed E-state index contributed by atoms with van der Waals surface area (Å²) in [6, 6.07) is 71.6. The van der Waals surface area contributed by atoms with E-state index in [2.05, 4.69) is 232 Å². The van der Waals surface area contributed by atoms with Gasteiger partial charge in [0.05, 0.1) is 45.8 Å². The SMILES string of the molecule is CC1C=C(C#N)C=CC1N(c1ccc(-c2ccc(N(c3ccc(C#N)cc3)c3ccc4c(c3)c3ccccc3n4C3=CC=CCC3)cc2)cc1)c1ccc2c(c1)c1ccccc1n2-c1ccccc1. The Morgan fingerprint density at radius 3 is 1.70 bits per heavy atom. The van der Waals surface area contributed by atoms with Crippen LogP contribution in [0.1, 0.15) is 25.3 Å². The van der Waals surface area contributed by atoms with Crippen LogP contribution in [0.25, 0.3) is 66.1 Å². The van der Waals surface area contributed by atoms with Crippen LogP contribution in [-0.4, -0.2) is 15.2 Å². The summed E-state index contributed by atoms with van der Waals surface area (Å²) in [5.74, 6) is 0.0864. The molecule has 12 rings (SSSR count). The third kappa shape index (κ3) is 7.28. The molecule has 0 bridgehead atoms. The minimum absolute atomic E-state index is 0.0161. The predicted octanol–water partition coefficient (Wildman–Crippen LogP) is 16.3. The van der Waals surface area contributed by atoms with E-state index in [1.54, 1.807) is 0 Å². The highest BCUT2D eigenvalue weighted by atomic mass is 15.2. The van der Waals surface area contributed by atoms with Gasteiger partial charge < -0.3 is 18.9 Å². The zero-order chi connectivity index (χ0) is 46.4. The van der Waals surface area contributed by atoms with Crippen molar-refractivity contribution in [3.8, 4) is 29.0 Å². The second kappa shape index (κ2) is 17.3. The van der Waals surface area contributed by atoms with Crippen molar-refractivity contribution >= 4 is 77.7 Å². The Kier molecular flexibility index (Phi) is 10.4. The van der Waals surface area contributed by atoms with E-state index in [1.165, 1.54) is 43.8 Å². The standard InChI is InChI=1S/C63H46N6/c1-43-38-45(42-65)22-35-59(43)67(54-34-37-63-58(40-54)56-17-9-11-19-61(56)69(63)49-14-6-3-7-15-49)52-31-25-47(26-32-52)46-23-29-51(30-24-46)66(50-27-20-44(41-64)21-28-50)53-33-36-62-57(39-53)55-16-8-10-18-60(55)68(62)48-12-4-2-5-13-48/h2-4,6-12,14-40,43,59H,5,13H2,1H3. The van der Waals surface area contributed by atoms with Gasteiger partial charge in [0.1, 0.15) is 0 Å². The minimum atomic E-state index is -0.0161. The Balaban J connectivity index is 0.914. The van der Waals surface area contributed by atoms with E-state index in [0.717, 1.165) is 63.6 Å². The van der Waals surface area contributed by atoms with Crippen molar-refractivity contribution in [3.05, 3.63) is 236 Å². The number of hydrogen-bond donors (Lipinski definition) is 0. The Bertz CT molecular complexity index is 3810. The Hall–Kier alpha value is -9.10. The average molecular weight is 887 g/mol. The summed E-state index contributed by atoms with van der Waals surface area (Å²) >= 11 is 0. The molecule has 10 aromatic rings. The van der Waals surface area contributed by atoms with Crippen LogP contribution in [0.4, 0.5) is 28.4 Å². The van der Waals surface area contributed by atoms with Crippen molar-refractivity contribution in [1.82, 2.24) is 9.13 Å². The van der Waals surface area contributed by atoms with Gasteiger partial charge in [-0.2, -0.15) is 10.5 Å². The van der Waals surface area contributed by atoms with E-state index in [9.17, 15) is 10.5 Å². The first-order valence-electron chi connectivity index (χ1n) is 23.6. The summed E-state index contributed by atoms with van der Waals surface area (Å²) in [6.45, 7) is 2.19. The number of anilines is 5. The number of para-hydroxylation sites is 3. The molecule has 6 nitrogen and oxygen atoms in total. The highest BCUT2D eigenvalue weighted by molar-refractivity contribution is 6.12. The molecule has 8 aromatic carbocycles. The number of benzene rings is 8. The van der Waals surface area contributed by atoms with Gasteiger partial charge >= 0.3 is 0 Å². The predicted molar refractivity (Wildman–Crippen MR) is 286 cm³/mol. The van der Waals surface area contributed by atoms with Crippen LogP contribution in [-0.2, 0) is 0 Å². The number of nitrogens with zero attached hydrogens (tertiary/aromatic N) is 6. The second-order valence-corrected chi connectivity index (χ2v) is 18.0. The van der Waals surface area contributed by atoms with Crippen LogP contribution < -0.4 is 9.80 Å². The number of aromatic nitrogens is 2. The minimum Gasteiger partial charge on any atom is -0.334 e. The first-order valence-corrected chi connectivity index (χ1v) is 23.6. The lowest BCUT2D eigenvalue weighted by molar-refractivity contribution is 0.607. The van der Waals surface area contributed by atoms with Crippen molar-refractivity contribution in [2.75, 3.05) is 9.80 Å². The highest BCUT2D eigenvalue weighted by Gasteiger charge is 2.27. The molecule has 0 saturated carbocycles. The molecule has 2 heterocycles. The lowest BCUT2D eigenvalue weighted by Crippen LogP contribution is -2.35. The Morgan fingerprint density at radius 2 is 1.07 bits per heavy atom. The Labute approximate surface area is 401 Å². The molecule has 0 N–H and O–H groups in total. The third-order valence-corrected chi connectivity index (χ3v) is 13.9. The second-order valence-electron chi connectivity index (χ2n) is 18.0. The molecule has 0 fully saturated rings. The average Bonchev–Trinajstić information content (AvgIpc) is 3.93. The number of rotatable bonds is 9. The van der Waals surface area contributed by atoms with Gasteiger partial charge in [0.15, 0.2) is 0 Å². The molecule has 2 aliphatic carbocycles. The fraction of sp³-hybridized carbons (Fsp3) is 0.0794. The molecule has 2 atom stereocenters. The van der Waals surface area contributed by atoms with Crippen molar-refractivity contribution in [1.29, 1.82) is 10.5 Å². The normalized spacial score (nSPS) is 15.5. The smallest absolute Gasteiger partial charge is 0.0991 e. The molecular weight excluding hydrogens is 841 g/mol. The van der Waals surface area contributed by atoms with Gasteiger partial charge in [-0.3, -0.25) is 0 Å². The van der Waals surface area contributed by atoms with Gasteiger partial charge in [0, 0.05) is 66.9 Å². The van der Waals surface area contributed by atoms with E-state index in [1.807, 2.05) is 30.3 Å². The highest BCUT2D eigenvalue weighted by Crippen LogP contribution is 2.43. The third-order valence-electron chi connectivity index (χ3n) is 13.9. The maximum absolute atomic E-state index is 9.82. The molecule has 0 radical (unpaired) electrons. The summed E-state index contributed by atoms with van der Waals surface area (Å²) < 4.78 is 4.77. The number of allylic oxidation sites excluding steroid dienone is 6. The molecule has 0 aliphatic heterocycles.